The van der Waals surface area contributed by atoms with Crippen molar-refractivity contribution in [2.75, 3.05) is 5.32 Å². The molecule has 0 radical (unpaired) electrons. The van der Waals surface area contributed by atoms with Crippen LogP contribution >= 0.6 is 0 Å². The number of aryl methyl sites for hydroxylation is 1. The Morgan fingerprint density at radius 3 is 2.78 bits per heavy atom. The maximum Gasteiger partial charge on any atom is 0.304 e. The lowest BCUT2D eigenvalue weighted by Gasteiger charge is -2.26. The Labute approximate surface area is 106 Å². The molecule has 0 spiro atoms. The second-order valence-corrected chi connectivity index (χ2v) is 5.37. The molecule has 0 saturated heterocycles. The number of carbonyl (C=O) groups is 2. The molecule has 1 heterocycles. The quantitative estimate of drug-likeness (QED) is 0.861. The van der Waals surface area contributed by atoms with Crippen molar-refractivity contribution in [3.8, 4) is 0 Å². The predicted molar refractivity (Wildman–Crippen MR) is 68.7 cm³/mol. The topological polar surface area (TPSA) is 66.4 Å². The number of anilines is 1. The summed E-state index contributed by atoms with van der Waals surface area (Å²) in [5.41, 5.74) is 2.43. The minimum Gasteiger partial charge on any atom is -0.481 e. The number of carbonyl (C=O) groups excluding carboxylic acids is 1. The van der Waals surface area contributed by atoms with Crippen LogP contribution in [0, 0.1) is 0 Å². The second-order valence-electron chi connectivity index (χ2n) is 5.37. The van der Waals surface area contributed by atoms with Gasteiger partial charge in [-0.1, -0.05) is 26.0 Å². The lowest BCUT2D eigenvalue weighted by molar-refractivity contribution is -0.138. The Bertz CT molecular complexity index is 506. The van der Waals surface area contributed by atoms with Crippen LogP contribution in [-0.4, -0.2) is 17.0 Å². The summed E-state index contributed by atoms with van der Waals surface area (Å²) < 4.78 is 0. The van der Waals surface area contributed by atoms with E-state index in [0.29, 0.717) is 6.42 Å². The largest absolute Gasteiger partial charge is 0.481 e. The summed E-state index contributed by atoms with van der Waals surface area (Å²) in [6, 6.07) is 5.84. The standard InChI is InChI=1S/C14H17NO3/c1-14(2,8-13(17)18)10-5-3-9-4-6-12(16)15-11(9)7-10/h3,5,7H,4,6,8H2,1-2H3,(H,15,16)(H,17,18). The predicted octanol–water partition coefficient (Wildman–Crippen LogP) is 2.32. The fourth-order valence-electron chi connectivity index (χ4n) is 2.27. The summed E-state index contributed by atoms with van der Waals surface area (Å²) in [5.74, 6) is -0.794. The van der Waals surface area contributed by atoms with Crippen LogP contribution in [0.1, 0.15) is 37.8 Å². The van der Waals surface area contributed by atoms with Crippen LogP contribution in [-0.2, 0) is 21.4 Å². The van der Waals surface area contributed by atoms with Crippen molar-refractivity contribution in [2.45, 2.75) is 38.5 Å². The molecule has 0 unspecified atom stereocenters. The van der Waals surface area contributed by atoms with Gasteiger partial charge >= 0.3 is 5.97 Å². The molecule has 0 atom stereocenters. The summed E-state index contributed by atoms with van der Waals surface area (Å²) in [5, 5.41) is 11.8. The molecule has 1 aliphatic rings. The molecule has 96 valence electrons. The van der Waals surface area contributed by atoms with Gasteiger partial charge in [0.15, 0.2) is 0 Å². The molecule has 1 aromatic carbocycles. The maximum atomic E-state index is 11.4. The van der Waals surface area contributed by atoms with Gasteiger partial charge in [0.2, 0.25) is 5.91 Å². The first-order valence-electron chi connectivity index (χ1n) is 6.03. The lowest BCUT2D eigenvalue weighted by atomic mass is 9.80. The number of carboxylic acids is 1. The number of rotatable bonds is 3. The van der Waals surface area contributed by atoms with Crippen molar-refractivity contribution in [3.05, 3.63) is 29.3 Å². The molecular formula is C14H17NO3. The Morgan fingerprint density at radius 2 is 2.11 bits per heavy atom. The fourth-order valence-corrected chi connectivity index (χ4v) is 2.27. The Morgan fingerprint density at radius 1 is 1.39 bits per heavy atom. The van der Waals surface area contributed by atoms with Crippen molar-refractivity contribution >= 4 is 17.6 Å². The average Bonchev–Trinajstić information content (AvgIpc) is 2.26. The minimum absolute atomic E-state index is 0.0238. The molecule has 0 aromatic heterocycles. The van der Waals surface area contributed by atoms with E-state index < -0.39 is 11.4 Å². The van der Waals surface area contributed by atoms with E-state index in [0.717, 1.165) is 23.2 Å². The van der Waals surface area contributed by atoms with Gasteiger partial charge in [-0.15, -0.1) is 0 Å². The molecule has 1 aliphatic heterocycles. The monoisotopic (exact) mass is 247 g/mol. The maximum absolute atomic E-state index is 11.4. The third-order valence-corrected chi connectivity index (χ3v) is 3.38. The van der Waals surface area contributed by atoms with Crippen molar-refractivity contribution in [1.82, 2.24) is 0 Å². The van der Waals surface area contributed by atoms with Crippen LogP contribution in [0.4, 0.5) is 5.69 Å². The molecule has 0 saturated carbocycles. The van der Waals surface area contributed by atoms with Crippen LogP contribution in [0.2, 0.25) is 0 Å². The summed E-state index contributed by atoms with van der Waals surface area (Å²) in [4.78, 5) is 22.2. The molecule has 0 bridgehead atoms. The summed E-state index contributed by atoms with van der Waals surface area (Å²) in [7, 11) is 0. The molecule has 18 heavy (non-hydrogen) atoms. The molecular weight excluding hydrogens is 230 g/mol. The highest BCUT2D eigenvalue weighted by Crippen LogP contribution is 2.32. The van der Waals surface area contributed by atoms with E-state index in [2.05, 4.69) is 5.32 Å². The first-order chi connectivity index (χ1) is 8.38. The number of amides is 1. The van der Waals surface area contributed by atoms with Gasteiger partial charge in [0.1, 0.15) is 0 Å². The Balaban J connectivity index is 2.33. The third kappa shape index (κ3) is 2.53. The summed E-state index contributed by atoms with van der Waals surface area (Å²) in [6.45, 7) is 3.79. The van der Waals surface area contributed by atoms with Gasteiger partial charge in [-0.05, 0) is 23.6 Å². The van der Waals surface area contributed by atoms with Gasteiger partial charge in [-0.3, -0.25) is 9.59 Å². The van der Waals surface area contributed by atoms with Gasteiger partial charge < -0.3 is 10.4 Å². The zero-order valence-corrected chi connectivity index (χ0v) is 10.6. The van der Waals surface area contributed by atoms with Gasteiger partial charge in [0.05, 0.1) is 6.42 Å². The number of nitrogens with one attached hydrogen (secondary N) is 1. The molecule has 0 fully saturated rings. The van der Waals surface area contributed by atoms with Crippen molar-refractivity contribution in [3.63, 3.8) is 0 Å². The molecule has 4 nitrogen and oxygen atoms in total. The molecule has 1 amide bonds. The first kappa shape index (κ1) is 12.6. The van der Waals surface area contributed by atoms with Gasteiger partial charge in [-0.25, -0.2) is 0 Å². The van der Waals surface area contributed by atoms with E-state index in [1.54, 1.807) is 0 Å². The lowest BCUT2D eigenvalue weighted by Crippen LogP contribution is -2.24. The number of fused-ring (bicyclic) bond motifs is 1. The van der Waals surface area contributed by atoms with E-state index in [1.165, 1.54) is 0 Å². The molecule has 4 heteroatoms. The third-order valence-electron chi connectivity index (χ3n) is 3.38. The van der Waals surface area contributed by atoms with Crippen LogP contribution in [0.15, 0.2) is 18.2 Å². The van der Waals surface area contributed by atoms with Crippen molar-refractivity contribution in [2.24, 2.45) is 0 Å². The number of hydrogen-bond acceptors (Lipinski definition) is 2. The van der Waals surface area contributed by atoms with Gasteiger partial charge in [0, 0.05) is 17.5 Å². The molecule has 1 aromatic rings. The minimum atomic E-state index is -0.818. The zero-order valence-electron chi connectivity index (χ0n) is 10.6. The average molecular weight is 247 g/mol. The molecule has 2 N–H and O–H groups in total. The number of carboxylic acid groups (broad SMARTS) is 1. The summed E-state index contributed by atoms with van der Waals surface area (Å²) >= 11 is 0. The van der Waals surface area contributed by atoms with Crippen LogP contribution in [0.3, 0.4) is 0 Å². The number of aliphatic carboxylic acids is 1. The van der Waals surface area contributed by atoms with Crippen LogP contribution in [0.5, 0.6) is 0 Å². The molecule has 0 aliphatic carbocycles. The Hall–Kier alpha value is -1.84. The summed E-state index contributed by atoms with van der Waals surface area (Å²) in [6.07, 6.45) is 1.34. The molecule has 2 rings (SSSR count). The van der Waals surface area contributed by atoms with Gasteiger partial charge in [0.25, 0.3) is 0 Å². The highest BCUT2D eigenvalue weighted by molar-refractivity contribution is 5.94. The normalized spacial score (nSPS) is 14.9. The SMILES string of the molecule is CC(C)(CC(=O)O)c1ccc2c(c1)NC(=O)CC2. The van der Waals surface area contributed by atoms with E-state index in [1.807, 2.05) is 32.0 Å². The first-order valence-corrected chi connectivity index (χ1v) is 6.03. The fraction of sp³-hybridized carbons (Fsp3) is 0.429. The number of benzene rings is 1. The van der Waals surface area contributed by atoms with Crippen molar-refractivity contribution in [1.29, 1.82) is 0 Å². The van der Waals surface area contributed by atoms with E-state index in [-0.39, 0.29) is 12.3 Å². The highest BCUT2D eigenvalue weighted by Gasteiger charge is 2.26. The van der Waals surface area contributed by atoms with Gasteiger partial charge in [-0.2, -0.15) is 0 Å². The van der Waals surface area contributed by atoms with Crippen molar-refractivity contribution < 1.29 is 14.7 Å². The number of hydrogen-bond donors (Lipinski definition) is 2. The second kappa shape index (κ2) is 4.44. The Kier molecular flexibility index (Phi) is 3.11. The van der Waals surface area contributed by atoms with E-state index in [4.69, 9.17) is 5.11 Å². The van der Waals surface area contributed by atoms with E-state index in [9.17, 15) is 9.59 Å². The smallest absolute Gasteiger partial charge is 0.304 e. The highest BCUT2D eigenvalue weighted by atomic mass is 16.4. The zero-order chi connectivity index (χ0) is 13.3. The van der Waals surface area contributed by atoms with Crippen LogP contribution in [0.25, 0.3) is 0 Å². The van der Waals surface area contributed by atoms with Crippen LogP contribution < -0.4 is 5.32 Å². The van der Waals surface area contributed by atoms with E-state index >= 15 is 0 Å².